The minimum Gasteiger partial charge on any atom is -0.324 e. The lowest BCUT2D eigenvalue weighted by molar-refractivity contribution is -0.116. The van der Waals surface area contributed by atoms with Gasteiger partial charge in [-0.1, -0.05) is 17.7 Å². The van der Waals surface area contributed by atoms with Crippen LogP contribution in [0.4, 0.5) is 10.1 Å². The number of hydrogen-bond acceptors (Lipinski definition) is 2. The number of benzene rings is 1. The smallest absolute Gasteiger partial charge is 0.224 e. The fraction of sp³-hybridized carbons (Fsp3) is 0.500. The van der Waals surface area contributed by atoms with Gasteiger partial charge in [0.25, 0.3) is 0 Å². The van der Waals surface area contributed by atoms with Crippen LogP contribution in [0.1, 0.15) is 25.7 Å². The fourth-order valence-corrected chi connectivity index (χ4v) is 2.49. The Bertz CT molecular complexity index is 447. The second-order valence-electron chi connectivity index (χ2n) is 4.88. The molecule has 1 saturated heterocycles. The van der Waals surface area contributed by atoms with Crippen LogP contribution in [0.2, 0.25) is 5.02 Å². The summed E-state index contributed by atoms with van der Waals surface area (Å²) >= 11 is 5.66. The third-order valence-corrected chi connectivity index (χ3v) is 3.76. The number of amides is 1. The van der Waals surface area contributed by atoms with Gasteiger partial charge in [0.05, 0.1) is 10.7 Å². The van der Waals surface area contributed by atoms with Gasteiger partial charge in [-0.25, -0.2) is 4.39 Å². The monoisotopic (exact) mass is 284 g/mol. The summed E-state index contributed by atoms with van der Waals surface area (Å²) in [6, 6.07) is 4.60. The standard InChI is InChI=1S/C14H18ClFN2O/c15-11-2-1-3-12(14(11)16)18-13(19)5-4-10-6-8-17-9-7-10/h1-3,10,17H,4-9H2,(H,18,19). The summed E-state index contributed by atoms with van der Waals surface area (Å²) in [4.78, 5) is 11.8. The van der Waals surface area contributed by atoms with Crippen LogP contribution in [0.5, 0.6) is 0 Å². The van der Waals surface area contributed by atoms with E-state index in [1.54, 1.807) is 6.07 Å². The molecule has 1 aromatic carbocycles. The quantitative estimate of drug-likeness (QED) is 0.891. The number of rotatable bonds is 4. The first-order valence-corrected chi connectivity index (χ1v) is 6.99. The zero-order valence-electron chi connectivity index (χ0n) is 10.7. The Morgan fingerprint density at radius 2 is 2.16 bits per heavy atom. The van der Waals surface area contributed by atoms with E-state index in [-0.39, 0.29) is 16.6 Å². The van der Waals surface area contributed by atoms with Gasteiger partial charge in [-0.3, -0.25) is 4.79 Å². The van der Waals surface area contributed by atoms with Crippen molar-refractivity contribution in [3.05, 3.63) is 29.0 Å². The molecule has 0 atom stereocenters. The normalized spacial score (nSPS) is 16.3. The van der Waals surface area contributed by atoms with Crippen LogP contribution >= 0.6 is 11.6 Å². The molecule has 19 heavy (non-hydrogen) atoms. The van der Waals surface area contributed by atoms with Crippen molar-refractivity contribution in [2.75, 3.05) is 18.4 Å². The summed E-state index contributed by atoms with van der Waals surface area (Å²) in [6.07, 6.45) is 3.50. The molecule has 0 aliphatic carbocycles. The first kappa shape index (κ1) is 14.3. The molecule has 104 valence electrons. The maximum atomic E-state index is 13.6. The molecule has 1 heterocycles. The molecule has 2 rings (SSSR count). The van der Waals surface area contributed by atoms with Crippen molar-refractivity contribution in [3.8, 4) is 0 Å². The predicted molar refractivity (Wildman–Crippen MR) is 74.9 cm³/mol. The molecule has 1 aliphatic rings. The minimum absolute atomic E-state index is 0.0242. The Kier molecular flexibility index (Phi) is 5.16. The van der Waals surface area contributed by atoms with Crippen molar-refractivity contribution in [1.82, 2.24) is 5.32 Å². The second-order valence-corrected chi connectivity index (χ2v) is 5.29. The van der Waals surface area contributed by atoms with Crippen molar-refractivity contribution in [1.29, 1.82) is 0 Å². The highest BCUT2D eigenvalue weighted by atomic mass is 35.5. The highest BCUT2D eigenvalue weighted by Gasteiger charge is 2.15. The van der Waals surface area contributed by atoms with Crippen LogP contribution in [0, 0.1) is 11.7 Å². The van der Waals surface area contributed by atoms with Crippen LogP contribution in [0.3, 0.4) is 0 Å². The minimum atomic E-state index is -0.570. The molecule has 2 N–H and O–H groups in total. The summed E-state index contributed by atoms with van der Waals surface area (Å²) < 4.78 is 13.6. The van der Waals surface area contributed by atoms with Crippen molar-refractivity contribution in [2.24, 2.45) is 5.92 Å². The van der Waals surface area contributed by atoms with Crippen molar-refractivity contribution >= 4 is 23.2 Å². The first-order chi connectivity index (χ1) is 9.16. The van der Waals surface area contributed by atoms with E-state index in [0.29, 0.717) is 12.3 Å². The van der Waals surface area contributed by atoms with E-state index in [1.807, 2.05) is 0 Å². The topological polar surface area (TPSA) is 41.1 Å². The Morgan fingerprint density at radius 3 is 2.89 bits per heavy atom. The Morgan fingerprint density at radius 1 is 1.42 bits per heavy atom. The van der Waals surface area contributed by atoms with Gasteiger partial charge < -0.3 is 10.6 Å². The molecule has 1 aliphatic heterocycles. The Labute approximate surface area is 117 Å². The van der Waals surface area contributed by atoms with Crippen molar-refractivity contribution in [3.63, 3.8) is 0 Å². The molecule has 0 spiro atoms. The summed E-state index contributed by atoms with van der Waals surface area (Å²) in [6.45, 7) is 2.05. The predicted octanol–water partition coefficient (Wildman–Crippen LogP) is 3.20. The molecule has 0 radical (unpaired) electrons. The van der Waals surface area contributed by atoms with Crippen LogP contribution < -0.4 is 10.6 Å². The lowest BCUT2D eigenvalue weighted by Crippen LogP contribution is -2.28. The van der Waals surface area contributed by atoms with E-state index in [4.69, 9.17) is 11.6 Å². The zero-order chi connectivity index (χ0) is 13.7. The number of halogens is 2. The van der Waals surface area contributed by atoms with Gasteiger partial charge in [0.1, 0.15) is 0 Å². The van der Waals surface area contributed by atoms with E-state index in [1.165, 1.54) is 12.1 Å². The lowest BCUT2D eigenvalue weighted by atomic mass is 9.93. The van der Waals surface area contributed by atoms with Gasteiger partial charge in [-0.2, -0.15) is 0 Å². The van der Waals surface area contributed by atoms with Gasteiger partial charge in [0, 0.05) is 6.42 Å². The van der Waals surface area contributed by atoms with Crippen LogP contribution in [-0.2, 0) is 4.79 Å². The molecule has 0 aromatic heterocycles. The molecule has 0 saturated carbocycles. The molecule has 0 unspecified atom stereocenters. The lowest BCUT2D eigenvalue weighted by Gasteiger charge is -2.22. The molecule has 3 nitrogen and oxygen atoms in total. The maximum Gasteiger partial charge on any atom is 0.224 e. The fourth-order valence-electron chi connectivity index (χ4n) is 2.32. The SMILES string of the molecule is O=C(CCC1CCNCC1)Nc1cccc(Cl)c1F. The third kappa shape index (κ3) is 4.18. The summed E-state index contributed by atoms with van der Waals surface area (Å²) in [5.41, 5.74) is 0.155. The summed E-state index contributed by atoms with van der Waals surface area (Å²) in [5, 5.41) is 5.89. The summed E-state index contributed by atoms with van der Waals surface area (Å²) in [5.74, 6) is -0.129. The first-order valence-electron chi connectivity index (χ1n) is 6.61. The van der Waals surface area contributed by atoms with Crippen molar-refractivity contribution in [2.45, 2.75) is 25.7 Å². The molecule has 1 fully saturated rings. The average Bonchev–Trinajstić information content (AvgIpc) is 2.43. The van der Waals surface area contributed by atoms with Crippen molar-refractivity contribution < 1.29 is 9.18 Å². The summed E-state index contributed by atoms with van der Waals surface area (Å²) in [7, 11) is 0. The van der Waals surface area contributed by atoms with E-state index in [9.17, 15) is 9.18 Å². The van der Waals surface area contributed by atoms with E-state index < -0.39 is 5.82 Å². The highest BCUT2D eigenvalue weighted by molar-refractivity contribution is 6.31. The van der Waals surface area contributed by atoms with Gasteiger partial charge in [-0.05, 0) is 50.4 Å². The number of anilines is 1. The number of hydrogen-bond donors (Lipinski definition) is 2. The van der Waals surface area contributed by atoms with E-state index in [2.05, 4.69) is 10.6 Å². The number of nitrogens with one attached hydrogen (secondary N) is 2. The van der Waals surface area contributed by atoms with Crippen LogP contribution in [0.25, 0.3) is 0 Å². The van der Waals surface area contributed by atoms with E-state index in [0.717, 1.165) is 32.4 Å². The van der Waals surface area contributed by atoms with Gasteiger partial charge in [0.15, 0.2) is 5.82 Å². The largest absolute Gasteiger partial charge is 0.324 e. The Hall–Kier alpha value is -1.13. The van der Waals surface area contributed by atoms with Crippen LogP contribution in [0.15, 0.2) is 18.2 Å². The van der Waals surface area contributed by atoms with E-state index >= 15 is 0 Å². The number of carbonyl (C=O) groups excluding carboxylic acids is 1. The molecular formula is C14H18ClFN2O. The average molecular weight is 285 g/mol. The maximum absolute atomic E-state index is 13.6. The highest BCUT2D eigenvalue weighted by Crippen LogP contribution is 2.23. The third-order valence-electron chi connectivity index (χ3n) is 3.46. The van der Waals surface area contributed by atoms with Gasteiger partial charge in [0.2, 0.25) is 5.91 Å². The molecule has 1 aromatic rings. The molecule has 0 bridgehead atoms. The number of piperidine rings is 1. The molecule has 5 heteroatoms. The zero-order valence-corrected chi connectivity index (χ0v) is 11.5. The van der Waals surface area contributed by atoms with Gasteiger partial charge in [-0.15, -0.1) is 0 Å². The van der Waals surface area contributed by atoms with Gasteiger partial charge >= 0.3 is 0 Å². The Balaban J connectivity index is 1.82. The number of carbonyl (C=O) groups is 1. The molecular weight excluding hydrogens is 267 g/mol. The second kappa shape index (κ2) is 6.87. The van der Waals surface area contributed by atoms with Crippen LogP contribution in [-0.4, -0.2) is 19.0 Å². The molecule has 1 amide bonds.